The molecule has 0 aliphatic carbocycles. The molecule has 2 aromatic carbocycles. The Morgan fingerprint density at radius 2 is 1.73 bits per heavy atom. The van der Waals surface area contributed by atoms with Gasteiger partial charge < -0.3 is 9.47 Å². The van der Waals surface area contributed by atoms with Gasteiger partial charge in [0.05, 0.1) is 22.1 Å². The molecule has 0 atom stereocenters. The van der Waals surface area contributed by atoms with Gasteiger partial charge in [0.1, 0.15) is 12.4 Å². The van der Waals surface area contributed by atoms with Crippen molar-refractivity contribution in [3.8, 4) is 5.75 Å². The number of benzene rings is 2. The number of carbonyl (C=O) groups is 3. The number of hydrogen-bond donors (Lipinski definition) is 0. The Labute approximate surface area is 162 Å². The van der Waals surface area contributed by atoms with Gasteiger partial charge in [0, 0.05) is 5.02 Å². The normalized spacial score (nSPS) is 12.9. The van der Waals surface area contributed by atoms with Gasteiger partial charge in [-0.1, -0.05) is 23.7 Å². The van der Waals surface area contributed by atoms with Gasteiger partial charge in [0.25, 0.3) is 11.8 Å². The first-order valence-electron chi connectivity index (χ1n) is 7.66. The minimum Gasteiger partial charge on any atom is -0.481 e. The van der Waals surface area contributed by atoms with E-state index in [0.29, 0.717) is 26.4 Å². The average molecular weight is 439 g/mol. The fourth-order valence-electron chi connectivity index (χ4n) is 2.46. The van der Waals surface area contributed by atoms with Crippen LogP contribution in [0.1, 0.15) is 20.7 Å². The molecule has 134 valence electrons. The smallest absolute Gasteiger partial charge is 0.344 e. The van der Waals surface area contributed by atoms with E-state index in [1.807, 2.05) is 0 Å². The Kier molecular flexibility index (Phi) is 5.58. The summed E-state index contributed by atoms with van der Waals surface area (Å²) in [6.45, 7) is -0.416. The van der Waals surface area contributed by atoms with Crippen LogP contribution in [-0.2, 0) is 9.53 Å². The molecule has 6 nitrogen and oxygen atoms in total. The van der Waals surface area contributed by atoms with Gasteiger partial charge in [0.2, 0.25) is 0 Å². The van der Waals surface area contributed by atoms with E-state index in [0.717, 1.165) is 4.90 Å². The summed E-state index contributed by atoms with van der Waals surface area (Å²) in [7, 11) is 0. The van der Waals surface area contributed by atoms with E-state index in [1.54, 1.807) is 42.5 Å². The van der Waals surface area contributed by atoms with E-state index >= 15 is 0 Å². The minimum absolute atomic E-state index is 0.0112. The molecule has 0 saturated carbocycles. The topological polar surface area (TPSA) is 72.9 Å². The van der Waals surface area contributed by atoms with E-state index in [4.69, 9.17) is 21.1 Å². The zero-order chi connectivity index (χ0) is 18.7. The number of esters is 1. The van der Waals surface area contributed by atoms with Crippen LogP contribution in [0.3, 0.4) is 0 Å². The predicted octanol–water partition coefficient (Wildman–Crippen LogP) is 3.32. The van der Waals surface area contributed by atoms with Crippen LogP contribution in [0.25, 0.3) is 0 Å². The molecule has 1 aliphatic rings. The van der Waals surface area contributed by atoms with Crippen LogP contribution in [0.2, 0.25) is 5.02 Å². The third-order valence-electron chi connectivity index (χ3n) is 3.70. The summed E-state index contributed by atoms with van der Waals surface area (Å²) >= 11 is 9.11. The fourth-order valence-corrected chi connectivity index (χ4v) is 3.26. The summed E-state index contributed by atoms with van der Waals surface area (Å²) in [6, 6.07) is 11.5. The minimum atomic E-state index is -0.608. The summed E-state index contributed by atoms with van der Waals surface area (Å²) < 4.78 is 11.0. The van der Waals surface area contributed by atoms with Gasteiger partial charge in [-0.25, -0.2) is 4.79 Å². The first-order chi connectivity index (χ1) is 12.5. The van der Waals surface area contributed by atoms with E-state index in [1.165, 1.54) is 0 Å². The average Bonchev–Trinajstić information content (AvgIpc) is 2.86. The largest absolute Gasteiger partial charge is 0.481 e. The van der Waals surface area contributed by atoms with Crippen LogP contribution >= 0.6 is 27.5 Å². The number of rotatable bonds is 6. The number of halogens is 2. The summed E-state index contributed by atoms with van der Waals surface area (Å²) in [6.07, 6.45) is 0. The molecule has 8 heteroatoms. The van der Waals surface area contributed by atoms with E-state index < -0.39 is 5.97 Å². The van der Waals surface area contributed by atoms with Crippen molar-refractivity contribution in [2.24, 2.45) is 0 Å². The van der Waals surface area contributed by atoms with Crippen molar-refractivity contribution < 1.29 is 23.9 Å². The van der Waals surface area contributed by atoms with Crippen molar-refractivity contribution in [2.45, 2.75) is 0 Å². The molecular weight excluding hydrogens is 426 g/mol. The lowest BCUT2D eigenvalue weighted by Crippen LogP contribution is -2.33. The molecule has 1 aliphatic heterocycles. The van der Waals surface area contributed by atoms with Crippen molar-refractivity contribution in [3.05, 3.63) is 63.1 Å². The predicted molar refractivity (Wildman–Crippen MR) is 97.4 cm³/mol. The maximum atomic E-state index is 12.2. The number of ether oxygens (including phenoxy) is 2. The lowest BCUT2D eigenvalue weighted by molar-refractivity contribution is -0.146. The number of carbonyl (C=O) groups excluding carboxylic acids is 3. The SMILES string of the molecule is O=C(COc1ccc(Cl)cc1Br)OCCN1C(=O)c2ccccc2C1=O. The number of imide groups is 1. The zero-order valence-electron chi connectivity index (χ0n) is 13.4. The van der Waals surface area contributed by atoms with E-state index in [2.05, 4.69) is 15.9 Å². The maximum absolute atomic E-state index is 12.2. The van der Waals surface area contributed by atoms with E-state index in [9.17, 15) is 14.4 Å². The van der Waals surface area contributed by atoms with Crippen LogP contribution < -0.4 is 4.74 Å². The quantitative estimate of drug-likeness (QED) is 0.511. The van der Waals surface area contributed by atoms with Gasteiger partial charge >= 0.3 is 5.97 Å². The van der Waals surface area contributed by atoms with Crippen LogP contribution in [0.15, 0.2) is 46.9 Å². The molecule has 1 heterocycles. The van der Waals surface area contributed by atoms with Gasteiger partial charge in [-0.15, -0.1) is 0 Å². The molecule has 0 unspecified atom stereocenters. The van der Waals surface area contributed by atoms with Crippen LogP contribution in [0.5, 0.6) is 5.75 Å². The third-order valence-corrected chi connectivity index (χ3v) is 4.55. The molecule has 0 saturated heterocycles. The lowest BCUT2D eigenvalue weighted by Gasteiger charge is -2.14. The first-order valence-corrected chi connectivity index (χ1v) is 8.83. The number of amides is 2. The van der Waals surface area contributed by atoms with Gasteiger partial charge in [0.15, 0.2) is 6.61 Å². The molecule has 0 bridgehead atoms. The van der Waals surface area contributed by atoms with Crippen LogP contribution in [0, 0.1) is 0 Å². The van der Waals surface area contributed by atoms with Crippen molar-refractivity contribution in [3.63, 3.8) is 0 Å². The Morgan fingerprint density at radius 3 is 2.35 bits per heavy atom. The first kappa shape index (κ1) is 18.4. The summed E-state index contributed by atoms with van der Waals surface area (Å²) in [4.78, 5) is 37.2. The monoisotopic (exact) mass is 437 g/mol. The van der Waals surface area contributed by atoms with E-state index in [-0.39, 0.29) is 31.6 Å². The highest BCUT2D eigenvalue weighted by Gasteiger charge is 2.34. The molecule has 0 fully saturated rings. The highest BCUT2D eigenvalue weighted by molar-refractivity contribution is 9.10. The molecule has 26 heavy (non-hydrogen) atoms. The standard InChI is InChI=1S/C18H13BrClNO5/c19-14-9-11(20)5-6-15(14)26-10-16(22)25-8-7-21-17(23)12-3-1-2-4-13(12)18(21)24/h1-6,9H,7-8,10H2. The second-order valence-electron chi connectivity index (χ2n) is 5.39. The fraction of sp³-hybridized carbons (Fsp3) is 0.167. The third kappa shape index (κ3) is 3.89. The number of hydrogen-bond acceptors (Lipinski definition) is 5. The second-order valence-corrected chi connectivity index (χ2v) is 6.68. The zero-order valence-corrected chi connectivity index (χ0v) is 15.7. The Morgan fingerprint density at radius 1 is 1.08 bits per heavy atom. The molecule has 0 aromatic heterocycles. The van der Waals surface area contributed by atoms with Gasteiger partial charge in [-0.2, -0.15) is 0 Å². The van der Waals surface area contributed by atoms with Gasteiger partial charge in [-0.3, -0.25) is 14.5 Å². The van der Waals surface area contributed by atoms with Crippen LogP contribution in [-0.4, -0.2) is 42.4 Å². The summed E-state index contributed by atoms with van der Waals surface area (Å²) in [5.41, 5.74) is 0.722. The molecule has 2 amide bonds. The molecule has 0 N–H and O–H groups in total. The Balaban J connectivity index is 1.47. The molecule has 0 spiro atoms. The number of fused-ring (bicyclic) bond motifs is 1. The molecule has 2 aromatic rings. The lowest BCUT2D eigenvalue weighted by atomic mass is 10.1. The molecule has 3 rings (SSSR count). The van der Waals surface area contributed by atoms with Crippen molar-refractivity contribution in [1.82, 2.24) is 4.90 Å². The molecule has 0 radical (unpaired) electrons. The van der Waals surface area contributed by atoms with Crippen LogP contribution in [0.4, 0.5) is 0 Å². The van der Waals surface area contributed by atoms with Crippen molar-refractivity contribution in [2.75, 3.05) is 19.8 Å². The summed E-state index contributed by atoms with van der Waals surface area (Å²) in [5, 5.41) is 0.535. The Hall–Kier alpha value is -2.38. The number of nitrogens with zero attached hydrogens (tertiary/aromatic N) is 1. The summed E-state index contributed by atoms with van der Waals surface area (Å²) in [5.74, 6) is -0.929. The maximum Gasteiger partial charge on any atom is 0.344 e. The highest BCUT2D eigenvalue weighted by atomic mass is 79.9. The van der Waals surface area contributed by atoms with Crippen molar-refractivity contribution in [1.29, 1.82) is 0 Å². The van der Waals surface area contributed by atoms with Crippen molar-refractivity contribution >= 4 is 45.3 Å². The Bertz CT molecular complexity index is 851. The highest BCUT2D eigenvalue weighted by Crippen LogP contribution is 2.28. The molecular formula is C18H13BrClNO5. The second kappa shape index (κ2) is 7.88. The van der Waals surface area contributed by atoms with Gasteiger partial charge in [-0.05, 0) is 46.3 Å².